The van der Waals surface area contributed by atoms with E-state index in [1.165, 1.54) is 12.4 Å². The summed E-state index contributed by atoms with van der Waals surface area (Å²) in [4.78, 5) is 32.1. The van der Waals surface area contributed by atoms with Crippen LogP contribution in [0.2, 0.25) is 0 Å². The first-order valence-corrected chi connectivity index (χ1v) is 8.86. The number of amides is 2. The van der Waals surface area contributed by atoms with Gasteiger partial charge >= 0.3 is 0 Å². The lowest BCUT2D eigenvalue weighted by Crippen LogP contribution is -2.40. The third-order valence-corrected chi connectivity index (χ3v) is 5.05. The van der Waals surface area contributed by atoms with Crippen LogP contribution in [0, 0.1) is 0 Å². The van der Waals surface area contributed by atoms with Crippen LogP contribution in [0.5, 0.6) is 0 Å². The first-order valence-electron chi connectivity index (χ1n) is 8.86. The highest BCUT2D eigenvalue weighted by atomic mass is 16.7. The molecule has 138 valence electrons. The zero-order chi connectivity index (χ0) is 18.0. The van der Waals surface area contributed by atoms with Crippen LogP contribution in [0.1, 0.15) is 36.0 Å². The van der Waals surface area contributed by atoms with E-state index in [1.54, 1.807) is 11.0 Å². The van der Waals surface area contributed by atoms with E-state index in [9.17, 15) is 9.59 Å². The molecule has 0 aliphatic carbocycles. The molecule has 0 radical (unpaired) electrons. The van der Waals surface area contributed by atoms with Crippen molar-refractivity contribution in [1.29, 1.82) is 0 Å². The van der Waals surface area contributed by atoms with E-state index >= 15 is 0 Å². The Morgan fingerprint density at radius 3 is 3.08 bits per heavy atom. The van der Waals surface area contributed by atoms with Crippen molar-refractivity contribution in [3.05, 3.63) is 24.0 Å². The molecule has 1 N–H and O–H groups in total. The van der Waals surface area contributed by atoms with Gasteiger partial charge < -0.3 is 19.8 Å². The van der Waals surface area contributed by atoms with E-state index in [1.807, 2.05) is 0 Å². The number of likely N-dealkylation sites (tertiary alicyclic amines) is 1. The molecule has 2 fully saturated rings. The number of ether oxygens (including phenoxy) is 1. The largest absolute Gasteiger partial charge is 0.386 e. The molecular formula is C17H21N5O4. The summed E-state index contributed by atoms with van der Waals surface area (Å²) in [5.41, 5.74) is 0.264. The Hall–Kier alpha value is -2.55. The van der Waals surface area contributed by atoms with Gasteiger partial charge in [-0.15, -0.1) is 0 Å². The maximum atomic E-state index is 12.5. The van der Waals surface area contributed by atoms with E-state index in [4.69, 9.17) is 9.57 Å². The lowest BCUT2D eigenvalue weighted by atomic mass is 9.96. The number of hydrogen-bond donors (Lipinski definition) is 1. The lowest BCUT2D eigenvalue weighted by molar-refractivity contribution is -0.115. The molecule has 2 atom stereocenters. The molecule has 2 unspecified atom stereocenters. The quantitative estimate of drug-likeness (QED) is 0.819. The summed E-state index contributed by atoms with van der Waals surface area (Å²) in [5, 5.41) is 14.3. The van der Waals surface area contributed by atoms with Gasteiger partial charge in [-0.05, 0) is 18.9 Å². The summed E-state index contributed by atoms with van der Waals surface area (Å²) in [6.45, 7) is 2.21. The van der Waals surface area contributed by atoms with Crippen molar-refractivity contribution in [2.45, 2.75) is 37.4 Å². The van der Waals surface area contributed by atoms with Gasteiger partial charge in [0.1, 0.15) is 5.71 Å². The third-order valence-electron chi connectivity index (χ3n) is 5.05. The molecule has 0 aromatic carbocycles. The van der Waals surface area contributed by atoms with Gasteiger partial charge in [0.15, 0.2) is 5.60 Å². The second-order valence-electron chi connectivity index (χ2n) is 6.94. The minimum absolute atomic E-state index is 0.0874. The molecule has 4 heterocycles. The number of oxime groups is 1. The van der Waals surface area contributed by atoms with Crippen LogP contribution in [0.3, 0.4) is 0 Å². The highest BCUT2D eigenvalue weighted by molar-refractivity contribution is 6.39. The Balaban J connectivity index is 1.31. The summed E-state index contributed by atoms with van der Waals surface area (Å²) in [5.74, 6) is -0.336. The Morgan fingerprint density at radius 2 is 2.31 bits per heavy atom. The van der Waals surface area contributed by atoms with Gasteiger partial charge in [-0.3, -0.25) is 9.59 Å². The third kappa shape index (κ3) is 3.39. The number of rotatable bonds is 4. The highest BCUT2D eigenvalue weighted by Gasteiger charge is 2.48. The average molecular weight is 359 g/mol. The monoisotopic (exact) mass is 359 g/mol. The van der Waals surface area contributed by atoms with Crippen LogP contribution < -0.4 is 5.32 Å². The predicted octanol–water partition coefficient (Wildman–Crippen LogP) is 0.133. The number of nitrogens with zero attached hydrogens (tertiary/aromatic N) is 4. The van der Waals surface area contributed by atoms with Crippen molar-refractivity contribution < 1.29 is 19.2 Å². The Bertz CT molecular complexity index is 719. The van der Waals surface area contributed by atoms with Crippen molar-refractivity contribution in [2.75, 3.05) is 26.2 Å². The molecule has 2 amide bonds. The highest BCUT2D eigenvalue weighted by Crippen LogP contribution is 2.34. The maximum absolute atomic E-state index is 12.5. The topological polar surface area (TPSA) is 106 Å². The smallest absolute Gasteiger partial charge is 0.269 e. The molecule has 2 saturated heterocycles. The molecule has 1 spiro atoms. The van der Waals surface area contributed by atoms with Crippen LogP contribution in [0.15, 0.2) is 23.6 Å². The summed E-state index contributed by atoms with van der Waals surface area (Å²) >= 11 is 0. The maximum Gasteiger partial charge on any atom is 0.269 e. The molecule has 0 bridgehead atoms. The molecule has 26 heavy (non-hydrogen) atoms. The minimum Gasteiger partial charge on any atom is -0.386 e. The zero-order valence-corrected chi connectivity index (χ0v) is 14.4. The van der Waals surface area contributed by atoms with Gasteiger partial charge in [0, 0.05) is 32.5 Å². The molecule has 0 saturated carbocycles. The average Bonchev–Trinajstić information content (AvgIpc) is 3.42. The van der Waals surface area contributed by atoms with E-state index in [0.29, 0.717) is 43.8 Å². The van der Waals surface area contributed by atoms with Gasteiger partial charge in [0.05, 0.1) is 30.6 Å². The van der Waals surface area contributed by atoms with Crippen LogP contribution in [0.25, 0.3) is 0 Å². The standard InChI is InChI=1S/C17H21N5O4/c23-15(18-10-13-2-1-7-25-13)14-8-17(26-21-14)4-6-22(11-17)16(24)12-3-5-19-20-9-12/h3,5,9,13H,1-2,4,6-8,10-11H2,(H,18,23). The molecule has 9 nitrogen and oxygen atoms in total. The summed E-state index contributed by atoms with van der Waals surface area (Å²) in [6.07, 6.45) is 6.07. The van der Waals surface area contributed by atoms with Crippen molar-refractivity contribution in [3.8, 4) is 0 Å². The van der Waals surface area contributed by atoms with Gasteiger partial charge in [-0.1, -0.05) is 5.16 Å². The summed E-state index contributed by atoms with van der Waals surface area (Å²) in [7, 11) is 0. The van der Waals surface area contributed by atoms with Crippen LogP contribution in [-0.4, -0.2) is 70.6 Å². The Kier molecular flexibility index (Phi) is 4.54. The number of hydrogen-bond acceptors (Lipinski definition) is 7. The number of carbonyl (C=O) groups excluding carboxylic acids is 2. The lowest BCUT2D eigenvalue weighted by Gasteiger charge is -2.21. The molecule has 3 aliphatic rings. The van der Waals surface area contributed by atoms with E-state index in [-0.39, 0.29) is 17.9 Å². The minimum atomic E-state index is -0.605. The molecule has 3 aliphatic heterocycles. The van der Waals surface area contributed by atoms with E-state index in [2.05, 4.69) is 20.7 Å². The molecule has 1 aromatic heterocycles. The van der Waals surface area contributed by atoms with Gasteiger partial charge in [0.25, 0.3) is 11.8 Å². The second-order valence-corrected chi connectivity index (χ2v) is 6.94. The van der Waals surface area contributed by atoms with Crippen LogP contribution >= 0.6 is 0 Å². The molecule has 9 heteroatoms. The number of carbonyl (C=O) groups is 2. The van der Waals surface area contributed by atoms with Gasteiger partial charge in [0.2, 0.25) is 0 Å². The summed E-state index contributed by atoms with van der Waals surface area (Å²) < 4.78 is 5.50. The number of aromatic nitrogens is 2. The van der Waals surface area contributed by atoms with Gasteiger partial charge in [-0.25, -0.2) is 0 Å². The van der Waals surface area contributed by atoms with E-state index < -0.39 is 5.60 Å². The van der Waals surface area contributed by atoms with Crippen LogP contribution in [0.4, 0.5) is 0 Å². The molecular weight excluding hydrogens is 338 g/mol. The fourth-order valence-electron chi connectivity index (χ4n) is 3.59. The first-order chi connectivity index (χ1) is 12.7. The van der Waals surface area contributed by atoms with Gasteiger partial charge in [-0.2, -0.15) is 10.2 Å². The second kappa shape index (κ2) is 6.99. The Morgan fingerprint density at radius 1 is 1.38 bits per heavy atom. The summed E-state index contributed by atoms with van der Waals surface area (Å²) in [6, 6.07) is 1.64. The SMILES string of the molecule is O=C(NCC1CCCO1)C1=NOC2(CCN(C(=O)c3ccnnc3)C2)C1. The molecule has 4 rings (SSSR count). The predicted molar refractivity (Wildman–Crippen MR) is 90.4 cm³/mol. The fourth-order valence-corrected chi connectivity index (χ4v) is 3.59. The fraction of sp³-hybridized carbons (Fsp3) is 0.588. The number of nitrogens with one attached hydrogen (secondary N) is 1. The van der Waals surface area contributed by atoms with Crippen LogP contribution in [-0.2, 0) is 14.4 Å². The van der Waals surface area contributed by atoms with E-state index in [0.717, 1.165) is 19.4 Å². The van der Waals surface area contributed by atoms with Crippen molar-refractivity contribution in [1.82, 2.24) is 20.4 Å². The molecule has 1 aromatic rings. The van der Waals surface area contributed by atoms with Crippen molar-refractivity contribution in [2.24, 2.45) is 5.16 Å². The normalized spacial score (nSPS) is 27.5. The Labute approximate surface area is 150 Å². The first kappa shape index (κ1) is 16.9. The zero-order valence-electron chi connectivity index (χ0n) is 14.4. The van der Waals surface area contributed by atoms with Crippen molar-refractivity contribution >= 4 is 17.5 Å². The van der Waals surface area contributed by atoms with Crippen molar-refractivity contribution in [3.63, 3.8) is 0 Å².